The Morgan fingerprint density at radius 3 is 2.48 bits per heavy atom. The Kier molecular flexibility index (Phi) is 5.12. The summed E-state index contributed by atoms with van der Waals surface area (Å²) in [6.45, 7) is 0.947. The number of carbonyl (C=O) groups is 2. The number of halogens is 1. The van der Waals surface area contributed by atoms with E-state index in [4.69, 9.17) is 0 Å². The van der Waals surface area contributed by atoms with Gasteiger partial charge in [0, 0.05) is 31.0 Å². The number of Topliss-reactive ketones (excluding diaryl/α,β-unsaturated/α-hetero) is 1. The molecule has 3 aromatic rings. The van der Waals surface area contributed by atoms with Crippen LogP contribution in [0.1, 0.15) is 29.5 Å². The minimum atomic E-state index is -0.826. The molecule has 0 spiro atoms. The van der Waals surface area contributed by atoms with E-state index < -0.39 is 29.5 Å². The molecule has 1 amide bonds. The molecule has 1 fully saturated rings. The van der Waals surface area contributed by atoms with Crippen LogP contribution in [0.15, 0.2) is 67.3 Å². The molecule has 2 aromatic carbocycles. The maximum Gasteiger partial charge on any atom is 0.291 e. The standard InChI is InChI=1S/C22H20FN3O3/c23-18-5-2-1-4-17(18)20-19(15-6-8-16(27)9-7-15)21(28)22(29)26(20)12-3-11-25-13-10-24-14-25/h1-2,4-10,13-14,19-20,27H,3,11-12H2. The number of hydrogen-bond acceptors (Lipinski definition) is 4. The number of amides is 1. The molecular formula is C22H20FN3O3. The van der Waals surface area contributed by atoms with E-state index in [1.54, 1.807) is 42.9 Å². The van der Waals surface area contributed by atoms with Crippen LogP contribution in [0, 0.1) is 5.82 Å². The van der Waals surface area contributed by atoms with Crippen molar-refractivity contribution in [3.05, 3.63) is 84.2 Å². The Hall–Kier alpha value is -3.48. The summed E-state index contributed by atoms with van der Waals surface area (Å²) in [5.41, 5.74) is 0.888. The number of ketones is 1. The highest BCUT2D eigenvalue weighted by Crippen LogP contribution is 2.43. The zero-order chi connectivity index (χ0) is 20.4. The van der Waals surface area contributed by atoms with Crippen molar-refractivity contribution in [2.45, 2.75) is 24.9 Å². The zero-order valence-electron chi connectivity index (χ0n) is 15.6. The number of rotatable bonds is 6. The molecule has 1 N–H and O–H groups in total. The van der Waals surface area contributed by atoms with E-state index in [1.165, 1.54) is 23.1 Å². The summed E-state index contributed by atoms with van der Waals surface area (Å²) in [5, 5.41) is 9.57. The lowest BCUT2D eigenvalue weighted by Gasteiger charge is -2.28. The highest BCUT2D eigenvalue weighted by Gasteiger charge is 2.49. The number of aromatic nitrogens is 2. The molecule has 1 saturated heterocycles. The van der Waals surface area contributed by atoms with Gasteiger partial charge in [-0.3, -0.25) is 9.59 Å². The first-order valence-electron chi connectivity index (χ1n) is 9.40. The molecule has 0 bridgehead atoms. The fraction of sp³-hybridized carbons (Fsp3) is 0.227. The summed E-state index contributed by atoms with van der Waals surface area (Å²) in [7, 11) is 0. The predicted molar refractivity (Wildman–Crippen MR) is 104 cm³/mol. The minimum absolute atomic E-state index is 0.0603. The van der Waals surface area contributed by atoms with Crippen LogP contribution in [0.2, 0.25) is 0 Å². The van der Waals surface area contributed by atoms with Gasteiger partial charge in [0.1, 0.15) is 11.6 Å². The normalized spacial score (nSPS) is 19.1. The minimum Gasteiger partial charge on any atom is -0.508 e. The second-order valence-corrected chi connectivity index (χ2v) is 7.05. The van der Waals surface area contributed by atoms with Gasteiger partial charge in [0.05, 0.1) is 18.3 Å². The van der Waals surface area contributed by atoms with Crippen LogP contribution in [-0.4, -0.2) is 37.8 Å². The number of carbonyl (C=O) groups excluding carboxylic acids is 2. The highest BCUT2D eigenvalue weighted by molar-refractivity contribution is 6.40. The smallest absolute Gasteiger partial charge is 0.291 e. The molecule has 0 aliphatic carbocycles. The Bertz CT molecular complexity index is 1020. The van der Waals surface area contributed by atoms with Crippen LogP contribution < -0.4 is 0 Å². The first-order valence-corrected chi connectivity index (χ1v) is 9.40. The molecule has 1 aliphatic heterocycles. The van der Waals surface area contributed by atoms with Crippen LogP contribution in [0.4, 0.5) is 4.39 Å². The second kappa shape index (κ2) is 7.87. The third-order valence-corrected chi connectivity index (χ3v) is 5.26. The number of phenolic OH excluding ortho intramolecular Hbond substituents is 1. The summed E-state index contributed by atoms with van der Waals surface area (Å²) in [6.07, 6.45) is 5.78. The van der Waals surface area contributed by atoms with Gasteiger partial charge in [-0.1, -0.05) is 30.3 Å². The topological polar surface area (TPSA) is 75.4 Å². The van der Waals surface area contributed by atoms with Crippen molar-refractivity contribution in [3.8, 4) is 5.75 Å². The van der Waals surface area contributed by atoms with Gasteiger partial charge in [0.2, 0.25) is 5.78 Å². The van der Waals surface area contributed by atoms with Crippen LogP contribution in [0.5, 0.6) is 5.75 Å². The molecule has 7 heteroatoms. The number of phenols is 1. The fourth-order valence-corrected chi connectivity index (χ4v) is 3.89. The summed E-state index contributed by atoms with van der Waals surface area (Å²) < 4.78 is 16.6. The molecule has 2 unspecified atom stereocenters. The Morgan fingerprint density at radius 1 is 1.03 bits per heavy atom. The molecule has 0 saturated carbocycles. The Morgan fingerprint density at radius 2 is 1.79 bits per heavy atom. The first kappa shape index (κ1) is 18.9. The number of imidazole rings is 1. The third kappa shape index (κ3) is 3.63. The molecule has 6 nitrogen and oxygen atoms in total. The Labute approximate surface area is 167 Å². The number of aromatic hydroxyl groups is 1. The van der Waals surface area contributed by atoms with Gasteiger partial charge in [0.15, 0.2) is 0 Å². The van der Waals surface area contributed by atoms with E-state index in [1.807, 2.05) is 10.8 Å². The van der Waals surface area contributed by atoms with Crippen molar-refractivity contribution >= 4 is 11.7 Å². The zero-order valence-corrected chi connectivity index (χ0v) is 15.6. The van der Waals surface area contributed by atoms with Gasteiger partial charge >= 0.3 is 0 Å². The van der Waals surface area contributed by atoms with Crippen LogP contribution in [0.3, 0.4) is 0 Å². The molecule has 29 heavy (non-hydrogen) atoms. The van der Waals surface area contributed by atoms with E-state index >= 15 is 0 Å². The lowest BCUT2D eigenvalue weighted by Crippen LogP contribution is -2.31. The van der Waals surface area contributed by atoms with E-state index in [0.29, 0.717) is 30.6 Å². The molecule has 148 valence electrons. The average Bonchev–Trinajstić information content (AvgIpc) is 3.32. The van der Waals surface area contributed by atoms with Crippen molar-refractivity contribution in [1.29, 1.82) is 0 Å². The molecule has 1 aliphatic rings. The van der Waals surface area contributed by atoms with Gasteiger partial charge < -0.3 is 14.6 Å². The van der Waals surface area contributed by atoms with Gasteiger partial charge in [-0.05, 0) is 30.2 Å². The maximum atomic E-state index is 14.7. The van der Waals surface area contributed by atoms with E-state index in [2.05, 4.69) is 4.98 Å². The van der Waals surface area contributed by atoms with E-state index in [9.17, 15) is 19.1 Å². The van der Waals surface area contributed by atoms with E-state index in [-0.39, 0.29) is 5.75 Å². The van der Waals surface area contributed by atoms with Gasteiger partial charge in [-0.25, -0.2) is 9.37 Å². The predicted octanol–water partition coefficient (Wildman–Crippen LogP) is 3.05. The maximum absolute atomic E-state index is 14.7. The average molecular weight is 393 g/mol. The van der Waals surface area contributed by atoms with Crippen LogP contribution in [-0.2, 0) is 16.1 Å². The largest absolute Gasteiger partial charge is 0.508 e. The number of likely N-dealkylation sites (tertiary alicyclic amines) is 1. The molecule has 1 aromatic heterocycles. The number of nitrogens with zero attached hydrogens (tertiary/aromatic N) is 3. The lowest BCUT2D eigenvalue weighted by molar-refractivity contribution is -0.140. The second-order valence-electron chi connectivity index (χ2n) is 7.05. The van der Waals surface area contributed by atoms with E-state index in [0.717, 1.165) is 0 Å². The molecular weight excluding hydrogens is 373 g/mol. The summed E-state index contributed by atoms with van der Waals surface area (Å²) in [6, 6.07) is 11.6. The molecule has 0 radical (unpaired) electrons. The lowest BCUT2D eigenvalue weighted by atomic mass is 9.86. The van der Waals surface area contributed by atoms with Crippen molar-refractivity contribution in [3.63, 3.8) is 0 Å². The Balaban J connectivity index is 1.68. The summed E-state index contributed by atoms with van der Waals surface area (Å²) in [4.78, 5) is 31.2. The first-order chi connectivity index (χ1) is 14.1. The number of aryl methyl sites for hydroxylation is 1. The fourth-order valence-electron chi connectivity index (χ4n) is 3.89. The van der Waals surface area contributed by atoms with Gasteiger partial charge in [-0.2, -0.15) is 0 Å². The van der Waals surface area contributed by atoms with Crippen LogP contribution >= 0.6 is 0 Å². The molecule has 4 rings (SSSR count). The third-order valence-electron chi connectivity index (χ3n) is 5.26. The molecule has 2 atom stereocenters. The number of hydrogen-bond donors (Lipinski definition) is 1. The van der Waals surface area contributed by atoms with Crippen LogP contribution in [0.25, 0.3) is 0 Å². The van der Waals surface area contributed by atoms with Crippen molar-refractivity contribution in [2.24, 2.45) is 0 Å². The quantitative estimate of drug-likeness (QED) is 0.653. The van der Waals surface area contributed by atoms with Gasteiger partial charge in [0.25, 0.3) is 5.91 Å². The number of benzene rings is 2. The SMILES string of the molecule is O=C1C(=O)N(CCCn2ccnc2)C(c2ccccc2F)C1c1ccc(O)cc1. The highest BCUT2D eigenvalue weighted by atomic mass is 19.1. The summed E-state index contributed by atoms with van der Waals surface area (Å²) in [5.74, 6) is -2.39. The van der Waals surface area contributed by atoms with Gasteiger partial charge in [-0.15, -0.1) is 0 Å². The summed E-state index contributed by atoms with van der Waals surface area (Å²) >= 11 is 0. The van der Waals surface area contributed by atoms with Crippen molar-refractivity contribution in [1.82, 2.24) is 14.5 Å². The monoisotopic (exact) mass is 393 g/mol. The van der Waals surface area contributed by atoms with Crippen molar-refractivity contribution in [2.75, 3.05) is 6.54 Å². The van der Waals surface area contributed by atoms with Crippen molar-refractivity contribution < 1.29 is 19.1 Å². The molecule has 2 heterocycles.